The first-order valence-corrected chi connectivity index (χ1v) is 8.32. The van der Waals surface area contributed by atoms with Crippen molar-refractivity contribution in [2.24, 2.45) is 5.92 Å². The maximum atomic E-state index is 12.4. The molecule has 1 aliphatic carbocycles. The van der Waals surface area contributed by atoms with Gasteiger partial charge in [0, 0.05) is 11.1 Å². The molecule has 0 bridgehead atoms. The number of nitrogens with one attached hydrogen (secondary N) is 1. The molecule has 1 saturated carbocycles. The quantitative estimate of drug-likeness (QED) is 0.890. The van der Waals surface area contributed by atoms with Crippen molar-refractivity contribution in [3.8, 4) is 5.75 Å². The first-order chi connectivity index (χ1) is 10.7. The lowest BCUT2D eigenvalue weighted by atomic mass is 10.1. The van der Waals surface area contributed by atoms with Crippen molar-refractivity contribution in [2.75, 3.05) is 7.11 Å². The molecule has 1 unspecified atom stereocenters. The van der Waals surface area contributed by atoms with Gasteiger partial charge in [0.05, 0.1) is 19.6 Å². The van der Waals surface area contributed by atoms with Crippen LogP contribution in [-0.4, -0.2) is 18.0 Å². The number of benzene rings is 1. The third-order valence-corrected chi connectivity index (χ3v) is 4.81. The molecule has 1 amide bonds. The molecule has 1 aliphatic rings. The van der Waals surface area contributed by atoms with E-state index in [0.717, 1.165) is 16.3 Å². The van der Waals surface area contributed by atoms with Crippen LogP contribution in [0.5, 0.6) is 5.75 Å². The van der Waals surface area contributed by atoms with E-state index >= 15 is 0 Å². The number of thiazole rings is 1. The number of amides is 1. The van der Waals surface area contributed by atoms with Crippen molar-refractivity contribution in [2.45, 2.75) is 32.2 Å². The van der Waals surface area contributed by atoms with Gasteiger partial charge in [0.1, 0.15) is 10.8 Å². The molecule has 3 rings (SSSR count). The van der Waals surface area contributed by atoms with Crippen LogP contribution in [0.1, 0.15) is 34.3 Å². The first-order valence-electron chi connectivity index (χ1n) is 7.50. The van der Waals surface area contributed by atoms with Crippen molar-refractivity contribution in [3.63, 3.8) is 0 Å². The summed E-state index contributed by atoms with van der Waals surface area (Å²) in [5, 5.41) is 4.19. The fourth-order valence-corrected chi connectivity index (χ4v) is 3.44. The number of ether oxygens (including phenoxy) is 1. The van der Waals surface area contributed by atoms with Crippen LogP contribution in [0.25, 0.3) is 0 Å². The molecule has 116 valence electrons. The van der Waals surface area contributed by atoms with Gasteiger partial charge in [0.15, 0.2) is 0 Å². The zero-order chi connectivity index (χ0) is 15.5. The summed E-state index contributed by atoms with van der Waals surface area (Å²) in [5.41, 5.74) is 0.960. The lowest BCUT2D eigenvalue weighted by Crippen LogP contribution is -2.31. The second-order valence-electron chi connectivity index (χ2n) is 5.72. The van der Waals surface area contributed by atoms with E-state index in [1.807, 2.05) is 37.4 Å². The fraction of sp³-hybridized carbons (Fsp3) is 0.412. The van der Waals surface area contributed by atoms with Crippen molar-refractivity contribution >= 4 is 17.2 Å². The molecule has 1 aromatic heterocycles. The Bertz CT molecular complexity index is 664. The molecule has 1 fully saturated rings. The summed E-state index contributed by atoms with van der Waals surface area (Å²) >= 11 is 1.67. The van der Waals surface area contributed by atoms with Crippen LogP contribution in [0.3, 0.4) is 0 Å². The zero-order valence-corrected chi connectivity index (χ0v) is 13.7. The van der Waals surface area contributed by atoms with E-state index in [2.05, 4.69) is 10.3 Å². The molecule has 2 aromatic rings. The van der Waals surface area contributed by atoms with Crippen molar-refractivity contribution < 1.29 is 9.53 Å². The molecule has 5 heteroatoms. The highest BCUT2D eigenvalue weighted by Gasteiger charge is 2.35. The van der Waals surface area contributed by atoms with Crippen molar-refractivity contribution in [1.82, 2.24) is 10.3 Å². The van der Waals surface area contributed by atoms with Gasteiger partial charge in [-0.3, -0.25) is 4.79 Å². The number of carbonyl (C=O) groups is 1. The molecule has 1 heterocycles. The van der Waals surface area contributed by atoms with Crippen molar-refractivity contribution in [1.29, 1.82) is 0 Å². The standard InChI is InChI=1S/C17H20N2O2S/c1-11-10-18-17(22-11)16(13-6-7-13)19-15(20)9-12-4-3-5-14(8-12)21-2/h3-5,8,10,13,16H,6-7,9H2,1-2H3,(H,19,20). The number of aromatic nitrogens is 1. The van der Waals surface area contributed by atoms with Gasteiger partial charge in [-0.25, -0.2) is 4.98 Å². The summed E-state index contributed by atoms with van der Waals surface area (Å²) in [6.45, 7) is 2.04. The van der Waals surface area contributed by atoms with Crippen LogP contribution in [0.15, 0.2) is 30.5 Å². The minimum Gasteiger partial charge on any atom is -0.497 e. The first kappa shape index (κ1) is 15.0. The van der Waals surface area contributed by atoms with Crippen LogP contribution in [-0.2, 0) is 11.2 Å². The Hall–Kier alpha value is -1.88. The van der Waals surface area contributed by atoms with E-state index in [4.69, 9.17) is 4.74 Å². The second-order valence-corrected chi connectivity index (χ2v) is 6.99. The number of nitrogens with zero attached hydrogens (tertiary/aromatic N) is 1. The van der Waals surface area contributed by atoms with Crippen molar-refractivity contribution in [3.05, 3.63) is 45.9 Å². The highest BCUT2D eigenvalue weighted by atomic mass is 32.1. The summed E-state index contributed by atoms with van der Waals surface area (Å²) in [5.74, 6) is 1.36. The van der Waals surface area contributed by atoms with Gasteiger partial charge < -0.3 is 10.1 Å². The van der Waals surface area contributed by atoms with E-state index in [0.29, 0.717) is 12.3 Å². The van der Waals surface area contributed by atoms with Crippen LogP contribution in [0.4, 0.5) is 0 Å². The Morgan fingerprint density at radius 3 is 2.95 bits per heavy atom. The maximum absolute atomic E-state index is 12.4. The smallest absolute Gasteiger partial charge is 0.224 e. The lowest BCUT2D eigenvalue weighted by molar-refractivity contribution is -0.121. The Balaban J connectivity index is 1.66. The van der Waals surface area contributed by atoms with Gasteiger partial charge in [0.25, 0.3) is 0 Å². The minimum absolute atomic E-state index is 0.0398. The van der Waals surface area contributed by atoms with Crippen LogP contribution in [0.2, 0.25) is 0 Å². The Morgan fingerprint density at radius 1 is 1.50 bits per heavy atom. The number of hydrogen-bond donors (Lipinski definition) is 1. The molecular formula is C17H20N2O2S. The number of hydrogen-bond acceptors (Lipinski definition) is 4. The highest BCUT2D eigenvalue weighted by Crippen LogP contribution is 2.42. The molecular weight excluding hydrogens is 296 g/mol. The zero-order valence-electron chi connectivity index (χ0n) is 12.8. The summed E-state index contributed by atoms with van der Waals surface area (Å²) < 4.78 is 5.20. The van der Waals surface area contributed by atoms with E-state index in [9.17, 15) is 4.79 Å². The summed E-state index contributed by atoms with van der Waals surface area (Å²) in [7, 11) is 1.63. The third kappa shape index (κ3) is 3.65. The fourth-order valence-electron chi connectivity index (χ4n) is 2.52. The van der Waals surface area contributed by atoms with E-state index in [-0.39, 0.29) is 11.9 Å². The van der Waals surface area contributed by atoms with E-state index < -0.39 is 0 Å². The van der Waals surface area contributed by atoms with Crippen LogP contribution >= 0.6 is 11.3 Å². The van der Waals surface area contributed by atoms with Gasteiger partial charge in [-0.2, -0.15) is 0 Å². The maximum Gasteiger partial charge on any atom is 0.224 e. The van der Waals surface area contributed by atoms with Gasteiger partial charge in [-0.05, 0) is 43.4 Å². The number of carbonyl (C=O) groups excluding carboxylic acids is 1. The average molecular weight is 316 g/mol. The predicted molar refractivity (Wildman–Crippen MR) is 87.2 cm³/mol. The van der Waals surface area contributed by atoms with Crippen LogP contribution in [0, 0.1) is 12.8 Å². The topological polar surface area (TPSA) is 51.2 Å². The number of aryl methyl sites for hydroxylation is 1. The largest absolute Gasteiger partial charge is 0.497 e. The highest BCUT2D eigenvalue weighted by molar-refractivity contribution is 7.11. The molecule has 0 spiro atoms. The molecule has 1 atom stereocenters. The third-order valence-electron chi connectivity index (χ3n) is 3.81. The molecule has 0 radical (unpaired) electrons. The average Bonchev–Trinajstić information content (AvgIpc) is 3.26. The van der Waals surface area contributed by atoms with Gasteiger partial charge in [0.2, 0.25) is 5.91 Å². The summed E-state index contributed by atoms with van der Waals surface area (Å²) in [6.07, 6.45) is 4.58. The predicted octanol–water partition coefficient (Wildman–Crippen LogP) is 3.27. The van der Waals surface area contributed by atoms with Gasteiger partial charge in [-0.15, -0.1) is 11.3 Å². The van der Waals surface area contributed by atoms with Crippen LogP contribution < -0.4 is 10.1 Å². The number of methoxy groups -OCH3 is 1. The molecule has 0 saturated heterocycles. The minimum atomic E-state index is 0.0398. The monoisotopic (exact) mass is 316 g/mol. The summed E-state index contributed by atoms with van der Waals surface area (Å²) in [4.78, 5) is 18.0. The molecule has 1 N–H and O–H groups in total. The molecule has 1 aromatic carbocycles. The molecule has 4 nitrogen and oxygen atoms in total. The Kier molecular flexibility index (Phi) is 4.43. The normalized spacial score (nSPS) is 15.4. The van der Waals surface area contributed by atoms with Gasteiger partial charge >= 0.3 is 0 Å². The summed E-state index contributed by atoms with van der Waals surface area (Å²) in [6, 6.07) is 7.70. The number of rotatable bonds is 6. The Labute approximate surface area is 134 Å². The van der Waals surface area contributed by atoms with E-state index in [1.54, 1.807) is 18.4 Å². The Morgan fingerprint density at radius 2 is 2.32 bits per heavy atom. The lowest BCUT2D eigenvalue weighted by Gasteiger charge is -2.16. The van der Waals surface area contributed by atoms with E-state index in [1.165, 1.54) is 17.7 Å². The second kappa shape index (κ2) is 6.48. The molecule has 22 heavy (non-hydrogen) atoms. The van der Waals surface area contributed by atoms with Gasteiger partial charge in [-0.1, -0.05) is 12.1 Å². The molecule has 0 aliphatic heterocycles. The SMILES string of the molecule is COc1cccc(CC(=O)NC(c2ncc(C)s2)C2CC2)c1.